The third-order valence-corrected chi connectivity index (χ3v) is 3.82. The fourth-order valence-electron chi connectivity index (χ4n) is 2.49. The van der Waals surface area contributed by atoms with Crippen molar-refractivity contribution in [2.75, 3.05) is 20.2 Å². The third kappa shape index (κ3) is 3.99. The predicted molar refractivity (Wildman–Crippen MR) is 71.8 cm³/mol. The zero-order valence-corrected chi connectivity index (χ0v) is 11.5. The Hall–Kier alpha value is -0.545. The fourth-order valence-corrected chi connectivity index (χ4v) is 2.49. The van der Waals surface area contributed by atoms with Crippen molar-refractivity contribution >= 4 is 13.8 Å². The molecule has 0 bridgehead atoms. The van der Waals surface area contributed by atoms with Crippen LogP contribution in [0.25, 0.3) is 0 Å². The van der Waals surface area contributed by atoms with Gasteiger partial charge in [0.25, 0.3) is 0 Å². The number of aliphatic carboxylic acids is 1. The molecule has 0 saturated carbocycles. The summed E-state index contributed by atoms with van der Waals surface area (Å²) in [5, 5.41) is 8.19. The van der Waals surface area contributed by atoms with E-state index in [0.717, 1.165) is 32.2 Å². The average Bonchev–Trinajstić information content (AvgIpc) is 2.81. The van der Waals surface area contributed by atoms with Gasteiger partial charge in [0.1, 0.15) is 6.23 Å². The Balaban J connectivity index is 2.48. The molecule has 2 atom stereocenters. The van der Waals surface area contributed by atoms with Crippen LogP contribution in [0.3, 0.4) is 0 Å². The molecule has 1 saturated heterocycles. The summed E-state index contributed by atoms with van der Waals surface area (Å²) in [6, 6.07) is 0. The molecule has 5 heteroatoms. The quantitative estimate of drug-likeness (QED) is 0.672. The standard InChI is InChI=1S/C13H24BNO3/c1-3-4-7-13(14,12(16)17)8-10-15-9-5-6-11(15)18-2/h11H,3-10H2,1-2H3,(H,16,17)/t11-,13?/m1/s1. The van der Waals surface area contributed by atoms with Crippen molar-refractivity contribution in [1.82, 2.24) is 4.90 Å². The van der Waals surface area contributed by atoms with Crippen LogP contribution >= 0.6 is 0 Å². The Morgan fingerprint density at radius 1 is 1.56 bits per heavy atom. The van der Waals surface area contributed by atoms with E-state index < -0.39 is 11.3 Å². The molecule has 1 aliphatic rings. The highest BCUT2D eigenvalue weighted by atomic mass is 16.5. The fraction of sp³-hybridized carbons (Fsp3) is 0.923. The Morgan fingerprint density at radius 2 is 2.28 bits per heavy atom. The van der Waals surface area contributed by atoms with Crippen LogP contribution in [0.1, 0.15) is 45.4 Å². The summed E-state index contributed by atoms with van der Waals surface area (Å²) in [6.07, 6.45) is 5.13. The van der Waals surface area contributed by atoms with Gasteiger partial charge in [-0.15, -0.1) is 0 Å². The largest absolute Gasteiger partial charge is 0.481 e. The summed E-state index contributed by atoms with van der Waals surface area (Å²) >= 11 is 0. The lowest BCUT2D eigenvalue weighted by molar-refractivity contribution is -0.141. The Kier molecular flexibility index (Phi) is 6.16. The molecule has 1 N–H and O–H groups in total. The minimum absolute atomic E-state index is 0.134. The number of hydrogen-bond acceptors (Lipinski definition) is 3. The van der Waals surface area contributed by atoms with Gasteiger partial charge in [0, 0.05) is 25.5 Å². The molecule has 0 aromatic carbocycles. The Morgan fingerprint density at radius 3 is 2.83 bits per heavy atom. The SMILES string of the molecule is [B]C(CCCC)(CCN1CCC[C@H]1OC)C(=O)O. The highest BCUT2D eigenvalue weighted by molar-refractivity contribution is 6.26. The molecular formula is C13H24BNO3. The van der Waals surface area contributed by atoms with Crippen LogP contribution in [0, 0.1) is 0 Å². The molecule has 2 radical (unpaired) electrons. The maximum Gasteiger partial charge on any atom is 0.300 e. The summed E-state index contributed by atoms with van der Waals surface area (Å²) in [6.45, 7) is 3.72. The first-order valence-corrected chi connectivity index (χ1v) is 6.82. The molecule has 18 heavy (non-hydrogen) atoms. The molecule has 1 unspecified atom stereocenters. The van der Waals surface area contributed by atoms with Gasteiger partial charge >= 0.3 is 5.97 Å². The van der Waals surface area contributed by atoms with E-state index in [4.69, 9.17) is 12.6 Å². The molecule has 1 fully saturated rings. The maximum atomic E-state index is 11.3. The molecule has 1 rings (SSSR count). The second-order valence-electron chi connectivity index (χ2n) is 5.18. The van der Waals surface area contributed by atoms with E-state index in [9.17, 15) is 9.90 Å². The van der Waals surface area contributed by atoms with E-state index in [0.29, 0.717) is 19.4 Å². The van der Waals surface area contributed by atoms with E-state index in [1.54, 1.807) is 7.11 Å². The number of methoxy groups -OCH3 is 1. The highest BCUT2D eigenvalue weighted by Crippen LogP contribution is 2.34. The highest BCUT2D eigenvalue weighted by Gasteiger charge is 2.33. The molecule has 0 aromatic rings. The van der Waals surface area contributed by atoms with E-state index in [2.05, 4.69) is 4.90 Å². The van der Waals surface area contributed by atoms with Crippen molar-refractivity contribution in [2.24, 2.45) is 0 Å². The van der Waals surface area contributed by atoms with Gasteiger partial charge in [0.15, 0.2) is 0 Å². The lowest BCUT2D eigenvalue weighted by Crippen LogP contribution is -2.35. The summed E-state index contributed by atoms with van der Waals surface area (Å²) in [4.78, 5) is 13.5. The maximum absolute atomic E-state index is 11.3. The van der Waals surface area contributed by atoms with Crippen molar-refractivity contribution in [2.45, 2.75) is 57.0 Å². The smallest absolute Gasteiger partial charge is 0.300 e. The van der Waals surface area contributed by atoms with Gasteiger partial charge in [0.2, 0.25) is 0 Å². The predicted octanol–water partition coefficient (Wildman–Crippen LogP) is 2.05. The number of carboxylic acids is 1. The molecule has 4 nitrogen and oxygen atoms in total. The Bertz CT molecular complexity index is 275. The van der Waals surface area contributed by atoms with Crippen LogP contribution < -0.4 is 0 Å². The zero-order valence-electron chi connectivity index (χ0n) is 11.5. The number of rotatable bonds is 8. The van der Waals surface area contributed by atoms with E-state index in [1.165, 1.54) is 0 Å². The third-order valence-electron chi connectivity index (χ3n) is 3.82. The minimum Gasteiger partial charge on any atom is -0.481 e. The van der Waals surface area contributed by atoms with Gasteiger partial charge in [-0.25, -0.2) is 0 Å². The average molecular weight is 253 g/mol. The van der Waals surface area contributed by atoms with Gasteiger partial charge < -0.3 is 9.84 Å². The lowest BCUT2D eigenvalue weighted by atomic mass is 9.63. The van der Waals surface area contributed by atoms with Crippen LogP contribution in [0.5, 0.6) is 0 Å². The van der Waals surface area contributed by atoms with Gasteiger partial charge in [-0.1, -0.05) is 19.8 Å². The zero-order chi connectivity index (χ0) is 13.6. The molecule has 0 spiro atoms. The Labute approximate surface area is 111 Å². The van der Waals surface area contributed by atoms with Gasteiger partial charge in [-0.2, -0.15) is 0 Å². The van der Waals surface area contributed by atoms with Gasteiger partial charge in [-0.3, -0.25) is 9.69 Å². The topological polar surface area (TPSA) is 49.8 Å². The monoisotopic (exact) mass is 253 g/mol. The number of nitrogens with zero attached hydrogens (tertiary/aromatic N) is 1. The van der Waals surface area contributed by atoms with Crippen LogP contribution in [-0.2, 0) is 9.53 Å². The number of carbonyl (C=O) groups is 1. The molecule has 1 aliphatic heterocycles. The van der Waals surface area contributed by atoms with Crippen molar-refractivity contribution < 1.29 is 14.6 Å². The number of carboxylic acid groups (broad SMARTS) is 1. The van der Waals surface area contributed by atoms with Crippen molar-refractivity contribution in [3.05, 3.63) is 0 Å². The minimum atomic E-state index is -1.09. The van der Waals surface area contributed by atoms with Crippen LogP contribution in [-0.4, -0.2) is 50.2 Å². The first-order valence-electron chi connectivity index (χ1n) is 6.82. The van der Waals surface area contributed by atoms with Crippen molar-refractivity contribution in [3.8, 4) is 0 Å². The van der Waals surface area contributed by atoms with E-state index in [-0.39, 0.29) is 6.23 Å². The van der Waals surface area contributed by atoms with Crippen molar-refractivity contribution in [3.63, 3.8) is 0 Å². The van der Waals surface area contributed by atoms with Crippen LogP contribution in [0.2, 0.25) is 5.31 Å². The van der Waals surface area contributed by atoms with Crippen molar-refractivity contribution in [1.29, 1.82) is 0 Å². The molecule has 1 heterocycles. The molecule has 102 valence electrons. The van der Waals surface area contributed by atoms with E-state index in [1.807, 2.05) is 6.92 Å². The lowest BCUT2D eigenvalue weighted by Gasteiger charge is -2.30. The number of likely N-dealkylation sites (tertiary alicyclic amines) is 1. The van der Waals surface area contributed by atoms with Crippen LogP contribution in [0.15, 0.2) is 0 Å². The van der Waals surface area contributed by atoms with E-state index >= 15 is 0 Å². The summed E-state index contributed by atoms with van der Waals surface area (Å²) in [7, 11) is 7.73. The summed E-state index contributed by atoms with van der Waals surface area (Å²) < 4.78 is 5.37. The second-order valence-corrected chi connectivity index (χ2v) is 5.18. The summed E-state index contributed by atoms with van der Waals surface area (Å²) in [5.41, 5.74) is 0. The normalized spacial score (nSPS) is 24.0. The van der Waals surface area contributed by atoms with Gasteiger partial charge in [-0.05, 0) is 25.7 Å². The summed E-state index contributed by atoms with van der Waals surface area (Å²) in [5.74, 6) is -0.885. The molecular weight excluding hydrogens is 229 g/mol. The second kappa shape index (κ2) is 7.14. The molecule has 0 amide bonds. The number of unbranched alkanes of at least 4 members (excludes halogenated alkanes) is 1. The molecule has 0 aliphatic carbocycles. The van der Waals surface area contributed by atoms with Gasteiger partial charge in [0.05, 0.1) is 7.85 Å². The number of hydrogen-bond donors (Lipinski definition) is 1. The molecule has 0 aromatic heterocycles. The first kappa shape index (κ1) is 15.5. The number of ether oxygens (including phenoxy) is 1. The van der Waals surface area contributed by atoms with Crippen LogP contribution in [0.4, 0.5) is 0 Å². The first-order chi connectivity index (χ1) is 8.53.